The van der Waals surface area contributed by atoms with Crippen molar-refractivity contribution in [3.05, 3.63) is 29.3 Å². The maximum absolute atomic E-state index is 13.0. The Kier molecular flexibility index (Phi) is 8.00. The van der Waals surface area contributed by atoms with Gasteiger partial charge in [0.25, 0.3) is 0 Å². The molecular weight excluding hydrogens is 420 g/mol. The van der Waals surface area contributed by atoms with Crippen molar-refractivity contribution >= 4 is 23.6 Å². The van der Waals surface area contributed by atoms with E-state index < -0.39 is 5.60 Å². The molecule has 1 aromatic rings. The predicted molar refractivity (Wildman–Crippen MR) is 128 cm³/mol. The van der Waals surface area contributed by atoms with E-state index in [-0.39, 0.29) is 23.8 Å². The first-order valence-corrected chi connectivity index (χ1v) is 11.9. The average molecular weight is 459 g/mol. The van der Waals surface area contributed by atoms with Gasteiger partial charge in [0, 0.05) is 50.9 Å². The molecule has 8 nitrogen and oxygen atoms in total. The summed E-state index contributed by atoms with van der Waals surface area (Å²) in [6, 6.07) is 5.90. The number of likely N-dealkylation sites (tertiary alicyclic amines) is 1. The third-order valence-electron chi connectivity index (χ3n) is 6.43. The maximum atomic E-state index is 13.0. The van der Waals surface area contributed by atoms with Gasteiger partial charge in [0.2, 0.25) is 11.8 Å². The van der Waals surface area contributed by atoms with Crippen molar-refractivity contribution < 1.29 is 19.1 Å². The zero-order valence-corrected chi connectivity index (χ0v) is 20.6. The third-order valence-corrected chi connectivity index (χ3v) is 6.43. The fourth-order valence-electron chi connectivity index (χ4n) is 4.30. The minimum atomic E-state index is -0.515. The van der Waals surface area contributed by atoms with Crippen molar-refractivity contribution in [2.45, 2.75) is 53.1 Å². The minimum Gasteiger partial charge on any atom is -0.444 e. The molecule has 1 N–H and O–H groups in total. The van der Waals surface area contributed by atoms with Crippen LogP contribution in [0.3, 0.4) is 0 Å². The highest BCUT2D eigenvalue weighted by molar-refractivity contribution is 5.93. The smallest absolute Gasteiger partial charge is 0.410 e. The fourth-order valence-corrected chi connectivity index (χ4v) is 4.30. The summed E-state index contributed by atoms with van der Waals surface area (Å²) in [5.74, 6) is 0.0825. The number of ether oxygens (including phenoxy) is 1. The number of piperidine rings is 1. The van der Waals surface area contributed by atoms with Crippen LogP contribution < -0.4 is 5.32 Å². The lowest BCUT2D eigenvalue weighted by Crippen LogP contribution is -2.53. The Bertz CT molecular complexity index is 864. The van der Waals surface area contributed by atoms with Crippen LogP contribution in [0.2, 0.25) is 0 Å². The summed E-state index contributed by atoms with van der Waals surface area (Å²) in [5, 5.41) is 3.01. The number of hydrogen-bond donors (Lipinski definition) is 1. The molecule has 8 heteroatoms. The lowest BCUT2D eigenvalue weighted by Gasteiger charge is -2.38. The topological polar surface area (TPSA) is 82.2 Å². The number of rotatable bonds is 4. The molecule has 2 fully saturated rings. The molecule has 0 bridgehead atoms. The number of piperazine rings is 1. The van der Waals surface area contributed by atoms with Crippen LogP contribution in [0.15, 0.2) is 18.2 Å². The highest BCUT2D eigenvalue weighted by Crippen LogP contribution is 2.22. The predicted octanol–water partition coefficient (Wildman–Crippen LogP) is 3.03. The second-order valence-electron chi connectivity index (χ2n) is 10.1. The summed E-state index contributed by atoms with van der Waals surface area (Å²) in [6.45, 7) is 13.6. The van der Waals surface area contributed by atoms with Gasteiger partial charge in [-0.2, -0.15) is 0 Å². The molecule has 0 atom stereocenters. The quantitative estimate of drug-likeness (QED) is 0.750. The van der Waals surface area contributed by atoms with Gasteiger partial charge < -0.3 is 19.9 Å². The molecule has 2 aliphatic heterocycles. The molecule has 0 aromatic heterocycles. The zero-order chi connectivity index (χ0) is 24.2. The van der Waals surface area contributed by atoms with Crippen molar-refractivity contribution in [2.24, 2.45) is 5.92 Å². The van der Waals surface area contributed by atoms with Gasteiger partial charge in [-0.3, -0.25) is 14.5 Å². The van der Waals surface area contributed by atoms with Crippen LogP contribution in [0.25, 0.3) is 0 Å². The number of aryl methyl sites for hydroxylation is 1. The molecule has 0 saturated carbocycles. The van der Waals surface area contributed by atoms with Crippen LogP contribution in [-0.2, 0) is 14.3 Å². The first-order valence-electron chi connectivity index (χ1n) is 11.9. The van der Waals surface area contributed by atoms with E-state index in [1.54, 1.807) is 4.90 Å². The van der Waals surface area contributed by atoms with Crippen molar-refractivity contribution in [2.75, 3.05) is 51.1 Å². The molecule has 2 heterocycles. The number of hydrogen-bond acceptors (Lipinski definition) is 5. The van der Waals surface area contributed by atoms with Crippen LogP contribution in [0, 0.1) is 19.8 Å². The molecule has 33 heavy (non-hydrogen) atoms. The number of anilines is 1. The number of benzene rings is 1. The number of nitrogens with one attached hydrogen (secondary N) is 1. The fraction of sp³-hybridized carbons (Fsp3) is 0.640. The van der Waals surface area contributed by atoms with E-state index in [9.17, 15) is 14.4 Å². The van der Waals surface area contributed by atoms with Gasteiger partial charge in [-0.25, -0.2) is 4.79 Å². The van der Waals surface area contributed by atoms with E-state index in [0.29, 0.717) is 58.7 Å². The molecule has 0 unspecified atom stereocenters. The largest absolute Gasteiger partial charge is 0.444 e. The van der Waals surface area contributed by atoms with E-state index in [4.69, 9.17) is 4.74 Å². The summed E-state index contributed by atoms with van der Waals surface area (Å²) in [7, 11) is 0. The summed E-state index contributed by atoms with van der Waals surface area (Å²) in [5.41, 5.74) is 2.57. The molecule has 3 rings (SSSR count). The van der Waals surface area contributed by atoms with Gasteiger partial charge in [-0.05, 0) is 64.7 Å². The number of carbonyl (C=O) groups is 3. The van der Waals surface area contributed by atoms with Crippen LogP contribution in [0.4, 0.5) is 10.5 Å². The first-order chi connectivity index (χ1) is 15.5. The van der Waals surface area contributed by atoms with Crippen LogP contribution in [-0.4, -0.2) is 84.0 Å². The Morgan fingerprint density at radius 1 is 0.970 bits per heavy atom. The summed E-state index contributed by atoms with van der Waals surface area (Å²) < 4.78 is 5.44. The second-order valence-corrected chi connectivity index (χ2v) is 10.1. The highest BCUT2D eigenvalue weighted by Gasteiger charge is 2.33. The summed E-state index contributed by atoms with van der Waals surface area (Å²) >= 11 is 0. The molecule has 2 saturated heterocycles. The number of amides is 3. The molecule has 0 aliphatic carbocycles. The Labute approximate surface area is 197 Å². The van der Waals surface area contributed by atoms with Crippen LogP contribution in [0.1, 0.15) is 44.7 Å². The molecular formula is C25H38N4O4. The van der Waals surface area contributed by atoms with Gasteiger partial charge in [0.15, 0.2) is 0 Å². The Hall–Kier alpha value is -2.61. The molecule has 2 aliphatic rings. The zero-order valence-electron chi connectivity index (χ0n) is 20.6. The lowest BCUT2D eigenvalue weighted by atomic mass is 9.95. The number of nitrogens with zero attached hydrogens (tertiary/aromatic N) is 3. The standard InChI is InChI=1S/C25H38N4O4/c1-18-7-6-8-21(19(18)2)26-22(30)17-27-13-15-28(16-14-27)23(31)20-9-11-29(12-10-20)24(32)33-25(3,4)5/h6-8,20H,9-17H2,1-5H3,(H,26,30). The van der Waals surface area contributed by atoms with E-state index in [1.165, 1.54) is 0 Å². The van der Waals surface area contributed by atoms with Crippen molar-refractivity contribution in [1.29, 1.82) is 0 Å². The monoisotopic (exact) mass is 458 g/mol. The molecule has 0 radical (unpaired) electrons. The van der Waals surface area contributed by atoms with Gasteiger partial charge in [-0.15, -0.1) is 0 Å². The van der Waals surface area contributed by atoms with Crippen molar-refractivity contribution in [3.8, 4) is 0 Å². The first kappa shape index (κ1) is 25.0. The van der Waals surface area contributed by atoms with Gasteiger partial charge in [-0.1, -0.05) is 12.1 Å². The van der Waals surface area contributed by atoms with E-state index >= 15 is 0 Å². The normalized spacial score (nSPS) is 18.2. The van der Waals surface area contributed by atoms with E-state index in [0.717, 1.165) is 16.8 Å². The average Bonchev–Trinajstić information content (AvgIpc) is 2.76. The summed E-state index contributed by atoms with van der Waals surface area (Å²) in [6.07, 6.45) is 1.02. The van der Waals surface area contributed by atoms with Crippen LogP contribution >= 0.6 is 0 Å². The third kappa shape index (κ3) is 6.93. The molecule has 182 valence electrons. The van der Waals surface area contributed by atoms with Crippen LogP contribution in [0.5, 0.6) is 0 Å². The van der Waals surface area contributed by atoms with Gasteiger partial charge in [0.1, 0.15) is 5.60 Å². The Balaban J connectivity index is 1.41. The summed E-state index contributed by atoms with van der Waals surface area (Å²) in [4.78, 5) is 43.4. The van der Waals surface area contributed by atoms with E-state index in [2.05, 4.69) is 10.2 Å². The lowest BCUT2D eigenvalue weighted by molar-refractivity contribution is -0.139. The minimum absolute atomic E-state index is 0.0296. The second kappa shape index (κ2) is 10.5. The van der Waals surface area contributed by atoms with Gasteiger partial charge in [0.05, 0.1) is 6.54 Å². The van der Waals surface area contributed by atoms with Crippen molar-refractivity contribution in [1.82, 2.24) is 14.7 Å². The maximum Gasteiger partial charge on any atom is 0.410 e. The molecule has 3 amide bonds. The Morgan fingerprint density at radius 3 is 2.21 bits per heavy atom. The SMILES string of the molecule is Cc1cccc(NC(=O)CN2CCN(C(=O)C3CCN(C(=O)OC(C)(C)C)CC3)CC2)c1C. The van der Waals surface area contributed by atoms with Crippen molar-refractivity contribution in [3.63, 3.8) is 0 Å². The molecule has 0 spiro atoms. The number of carbonyl (C=O) groups excluding carboxylic acids is 3. The van der Waals surface area contributed by atoms with Gasteiger partial charge >= 0.3 is 6.09 Å². The van der Waals surface area contributed by atoms with E-state index in [1.807, 2.05) is 57.7 Å². The Morgan fingerprint density at radius 2 is 1.61 bits per heavy atom. The molecule has 1 aromatic carbocycles. The highest BCUT2D eigenvalue weighted by atomic mass is 16.6.